The van der Waals surface area contributed by atoms with Crippen LogP contribution in [0, 0.1) is 0 Å². The van der Waals surface area contributed by atoms with Gasteiger partial charge in [0.2, 0.25) is 0 Å². The van der Waals surface area contributed by atoms with Crippen LogP contribution in [0.1, 0.15) is 36.7 Å². The lowest BCUT2D eigenvalue weighted by molar-refractivity contribution is -0.192. The molecule has 7 nitrogen and oxygen atoms in total. The second-order valence-electron chi connectivity index (χ2n) is 7.43. The van der Waals surface area contributed by atoms with Crippen LogP contribution in [0.2, 0.25) is 0 Å². The molecule has 1 aromatic carbocycles. The Morgan fingerprint density at radius 2 is 2.09 bits per heavy atom. The summed E-state index contributed by atoms with van der Waals surface area (Å²) in [5.74, 6) is -1.73. The number of ether oxygens (including phenoxy) is 1. The quantitative estimate of drug-likeness (QED) is 0.539. The molecule has 10 heteroatoms. The zero-order valence-corrected chi connectivity index (χ0v) is 17.5. The van der Waals surface area contributed by atoms with Gasteiger partial charge in [-0.25, -0.2) is 4.79 Å². The van der Waals surface area contributed by atoms with Crippen LogP contribution >= 0.6 is 0 Å². The summed E-state index contributed by atoms with van der Waals surface area (Å²) in [4.78, 5) is 13.0. The molecule has 1 unspecified atom stereocenters. The maximum absolute atomic E-state index is 10.6. The number of hydrogen-bond acceptors (Lipinski definition) is 5. The third-order valence-corrected chi connectivity index (χ3v) is 4.85. The highest BCUT2D eigenvalue weighted by Crippen LogP contribution is 2.31. The summed E-state index contributed by atoms with van der Waals surface area (Å²) in [5.41, 5.74) is 5.58. The molecule has 170 valence electrons. The molecule has 0 saturated heterocycles. The molecule has 0 amide bonds. The second kappa shape index (κ2) is 9.82. The van der Waals surface area contributed by atoms with E-state index in [4.69, 9.17) is 14.6 Å². The Hall–Kier alpha value is -3.40. The van der Waals surface area contributed by atoms with Gasteiger partial charge in [0.25, 0.3) is 0 Å². The van der Waals surface area contributed by atoms with Gasteiger partial charge < -0.3 is 15.2 Å². The van der Waals surface area contributed by atoms with Crippen LogP contribution < -0.4 is 10.1 Å². The van der Waals surface area contributed by atoms with Gasteiger partial charge in [0.15, 0.2) is 0 Å². The molecule has 0 spiro atoms. The van der Waals surface area contributed by atoms with E-state index in [0.717, 1.165) is 35.7 Å². The molecule has 2 atom stereocenters. The van der Waals surface area contributed by atoms with Gasteiger partial charge in [-0.05, 0) is 49.2 Å². The standard InChI is InChI=1S/C20H22N4O.C2HF3O2/c1-13-8-17-9-15(5-6-20(17)25-13)14(2)22-12-18-10-19(24-23-18)16-4-3-7-21-11-16;3-2(4,5)1(6)7/h3-7,9-11,13-14,22H,8,12H2,1-2H3,(H,23,24);(H,6,7)/t13?,14-;/m1./s1. The number of rotatable bonds is 5. The summed E-state index contributed by atoms with van der Waals surface area (Å²) < 4.78 is 37.5. The number of aromatic amines is 1. The zero-order valence-electron chi connectivity index (χ0n) is 17.5. The van der Waals surface area contributed by atoms with Crippen molar-refractivity contribution in [3.63, 3.8) is 0 Å². The first-order chi connectivity index (χ1) is 15.1. The average Bonchev–Trinajstić information content (AvgIpc) is 3.37. The SMILES string of the molecule is CC1Cc2cc([C@@H](C)NCc3cc(-c4cccnc4)n[nH]3)ccc2O1.O=C(O)C(F)(F)F. The normalized spacial score (nSPS) is 15.8. The number of benzene rings is 1. The average molecular weight is 448 g/mol. The monoisotopic (exact) mass is 448 g/mol. The molecule has 0 fully saturated rings. The number of aromatic nitrogens is 3. The van der Waals surface area contributed by atoms with E-state index in [-0.39, 0.29) is 12.1 Å². The van der Waals surface area contributed by atoms with Crippen molar-refractivity contribution >= 4 is 5.97 Å². The number of alkyl halides is 3. The summed E-state index contributed by atoms with van der Waals surface area (Å²) in [6, 6.07) is 12.7. The summed E-state index contributed by atoms with van der Waals surface area (Å²) in [5, 5.41) is 18.1. The highest BCUT2D eigenvalue weighted by atomic mass is 19.4. The van der Waals surface area contributed by atoms with Crippen molar-refractivity contribution in [2.24, 2.45) is 0 Å². The van der Waals surface area contributed by atoms with Crippen molar-refractivity contribution in [1.82, 2.24) is 20.5 Å². The van der Waals surface area contributed by atoms with Gasteiger partial charge in [0, 0.05) is 42.7 Å². The molecule has 0 radical (unpaired) electrons. The van der Waals surface area contributed by atoms with Crippen LogP contribution in [0.25, 0.3) is 11.3 Å². The number of pyridine rings is 1. The van der Waals surface area contributed by atoms with Crippen molar-refractivity contribution in [2.75, 3.05) is 0 Å². The van der Waals surface area contributed by atoms with Gasteiger partial charge in [-0.3, -0.25) is 10.1 Å². The molecule has 3 heterocycles. The van der Waals surface area contributed by atoms with Crippen molar-refractivity contribution in [3.05, 3.63) is 65.6 Å². The fraction of sp³-hybridized carbons (Fsp3) is 0.318. The predicted octanol–water partition coefficient (Wildman–Crippen LogP) is 4.28. The van der Waals surface area contributed by atoms with Gasteiger partial charge in [-0.1, -0.05) is 12.1 Å². The Morgan fingerprint density at radius 1 is 1.34 bits per heavy atom. The third kappa shape index (κ3) is 6.07. The number of carboxylic acid groups (broad SMARTS) is 1. The lowest BCUT2D eigenvalue weighted by atomic mass is 10.0. The van der Waals surface area contributed by atoms with Crippen LogP contribution in [0.3, 0.4) is 0 Å². The van der Waals surface area contributed by atoms with E-state index >= 15 is 0 Å². The van der Waals surface area contributed by atoms with E-state index in [1.165, 1.54) is 11.1 Å². The number of nitrogens with one attached hydrogen (secondary N) is 2. The number of halogens is 3. The van der Waals surface area contributed by atoms with Crippen molar-refractivity contribution in [3.8, 4) is 17.0 Å². The third-order valence-electron chi connectivity index (χ3n) is 4.85. The number of H-pyrrole nitrogens is 1. The highest BCUT2D eigenvalue weighted by molar-refractivity contribution is 5.73. The molecule has 1 aliphatic rings. The minimum Gasteiger partial charge on any atom is -0.490 e. The van der Waals surface area contributed by atoms with Crippen molar-refractivity contribution in [2.45, 2.75) is 45.1 Å². The molecule has 3 N–H and O–H groups in total. The highest BCUT2D eigenvalue weighted by Gasteiger charge is 2.38. The van der Waals surface area contributed by atoms with Crippen molar-refractivity contribution < 1.29 is 27.8 Å². The Balaban J connectivity index is 0.000000360. The minimum absolute atomic E-state index is 0.256. The number of nitrogens with zero attached hydrogens (tertiary/aromatic N) is 2. The van der Waals surface area contributed by atoms with Crippen LogP contribution in [0.4, 0.5) is 13.2 Å². The number of hydrogen-bond donors (Lipinski definition) is 3. The fourth-order valence-electron chi connectivity index (χ4n) is 3.21. The molecule has 3 aromatic rings. The van der Waals surface area contributed by atoms with E-state index in [0.29, 0.717) is 0 Å². The Morgan fingerprint density at radius 3 is 2.75 bits per heavy atom. The first-order valence-electron chi connectivity index (χ1n) is 9.91. The number of aliphatic carboxylic acids is 1. The molecular weight excluding hydrogens is 425 g/mol. The molecule has 32 heavy (non-hydrogen) atoms. The lowest BCUT2D eigenvalue weighted by Crippen LogP contribution is -2.21. The first-order valence-corrected chi connectivity index (χ1v) is 9.91. The van der Waals surface area contributed by atoms with Gasteiger partial charge in [0.1, 0.15) is 11.9 Å². The summed E-state index contributed by atoms with van der Waals surface area (Å²) in [6.45, 7) is 5.03. The Bertz CT molecular complexity index is 1050. The van der Waals surface area contributed by atoms with Gasteiger partial charge in [-0.2, -0.15) is 18.3 Å². The minimum atomic E-state index is -5.08. The number of fused-ring (bicyclic) bond motifs is 1. The predicted molar refractivity (Wildman–Crippen MR) is 111 cm³/mol. The van der Waals surface area contributed by atoms with Crippen LogP contribution in [-0.4, -0.2) is 38.5 Å². The molecule has 4 rings (SSSR count). The largest absolute Gasteiger partial charge is 0.490 e. The second-order valence-corrected chi connectivity index (χ2v) is 7.43. The molecule has 0 bridgehead atoms. The van der Waals surface area contributed by atoms with E-state index in [1.807, 2.05) is 18.3 Å². The van der Waals surface area contributed by atoms with E-state index in [2.05, 4.69) is 58.6 Å². The molecule has 1 aliphatic heterocycles. The molecule has 0 saturated carbocycles. The van der Waals surface area contributed by atoms with Crippen LogP contribution in [0.5, 0.6) is 5.75 Å². The van der Waals surface area contributed by atoms with Crippen LogP contribution in [-0.2, 0) is 17.8 Å². The fourth-order valence-corrected chi connectivity index (χ4v) is 3.21. The van der Waals surface area contributed by atoms with Gasteiger partial charge >= 0.3 is 12.1 Å². The number of carboxylic acids is 1. The molecule has 0 aliphatic carbocycles. The Labute approximate surface area is 182 Å². The summed E-state index contributed by atoms with van der Waals surface area (Å²) >= 11 is 0. The van der Waals surface area contributed by atoms with E-state index in [1.54, 1.807) is 6.20 Å². The summed E-state index contributed by atoms with van der Waals surface area (Å²) in [6.07, 6.45) is -0.221. The molecular formula is C22H23F3N4O3. The Kier molecular flexibility index (Phi) is 7.14. The summed E-state index contributed by atoms with van der Waals surface area (Å²) in [7, 11) is 0. The topological polar surface area (TPSA) is 100 Å². The zero-order chi connectivity index (χ0) is 23.3. The maximum Gasteiger partial charge on any atom is 0.490 e. The number of carbonyl (C=O) groups is 1. The smallest absolute Gasteiger partial charge is 0.490 e. The lowest BCUT2D eigenvalue weighted by Gasteiger charge is -2.14. The van der Waals surface area contributed by atoms with E-state index < -0.39 is 12.1 Å². The van der Waals surface area contributed by atoms with Gasteiger partial charge in [-0.15, -0.1) is 0 Å². The van der Waals surface area contributed by atoms with E-state index in [9.17, 15) is 13.2 Å². The van der Waals surface area contributed by atoms with Crippen molar-refractivity contribution in [1.29, 1.82) is 0 Å². The molecule has 2 aromatic heterocycles. The maximum atomic E-state index is 10.6. The first kappa shape index (κ1) is 23.3. The van der Waals surface area contributed by atoms with Gasteiger partial charge in [0.05, 0.1) is 5.69 Å². The van der Waals surface area contributed by atoms with Crippen LogP contribution in [0.15, 0.2) is 48.8 Å².